The lowest BCUT2D eigenvalue weighted by atomic mass is 9.89. The third kappa shape index (κ3) is 2.83. The molecule has 2 heterocycles. The molecule has 2 aliphatic rings. The molecule has 1 amide bonds. The molecule has 0 aromatic heterocycles. The van der Waals surface area contributed by atoms with Gasteiger partial charge in [-0.1, -0.05) is 31.2 Å². The fraction of sp³-hybridized carbons (Fsp3) is 0.588. The van der Waals surface area contributed by atoms with E-state index in [2.05, 4.69) is 24.4 Å². The van der Waals surface area contributed by atoms with Crippen molar-refractivity contribution in [2.75, 3.05) is 19.7 Å². The van der Waals surface area contributed by atoms with Gasteiger partial charge in [-0.15, -0.1) is 0 Å². The Labute approximate surface area is 126 Å². The minimum atomic E-state index is -0.0608. The van der Waals surface area contributed by atoms with E-state index in [0.29, 0.717) is 13.2 Å². The number of benzene rings is 1. The van der Waals surface area contributed by atoms with Crippen LogP contribution in [0.3, 0.4) is 0 Å². The van der Waals surface area contributed by atoms with Crippen LogP contribution in [-0.4, -0.2) is 42.6 Å². The number of nitrogens with one attached hydrogen (secondary N) is 1. The highest BCUT2D eigenvalue weighted by Crippen LogP contribution is 2.28. The summed E-state index contributed by atoms with van der Waals surface area (Å²) in [6, 6.07) is 8.50. The van der Waals surface area contributed by atoms with Crippen molar-refractivity contribution in [1.82, 2.24) is 10.2 Å². The highest BCUT2D eigenvalue weighted by molar-refractivity contribution is 5.85. The molecule has 21 heavy (non-hydrogen) atoms. The van der Waals surface area contributed by atoms with Crippen molar-refractivity contribution in [3.05, 3.63) is 35.4 Å². The van der Waals surface area contributed by atoms with Gasteiger partial charge in [0.1, 0.15) is 0 Å². The van der Waals surface area contributed by atoms with Crippen molar-refractivity contribution >= 4 is 5.91 Å². The molecule has 0 spiro atoms. The number of carbonyl (C=O) groups is 1. The largest absolute Gasteiger partial charge is 0.375 e. The van der Waals surface area contributed by atoms with Crippen LogP contribution in [-0.2, 0) is 16.1 Å². The third-order valence-corrected chi connectivity index (χ3v) is 4.61. The van der Waals surface area contributed by atoms with Gasteiger partial charge in [0.2, 0.25) is 5.91 Å². The zero-order chi connectivity index (χ0) is 14.8. The highest BCUT2D eigenvalue weighted by Gasteiger charge is 2.35. The van der Waals surface area contributed by atoms with Gasteiger partial charge >= 0.3 is 0 Å². The molecule has 114 valence electrons. The van der Waals surface area contributed by atoms with E-state index in [1.54, 1.807) is 0 Å². The Morgan fingerprint density at radius 1 is 1.43 bits per heavy atom. The van der Waals surface area contributed by atoms with Gasteiger partial charge in [-0.25, -0.2) is 0 Å². The molecule has 0 aliphatic carbocycles. The normalized spacial score (nSPS) is 29.0. The summed E-state index contributed by atoms with van der Waals surface area (Å²) in [4.78, 5) is 15.1. The molecule has 3 atom stereocenters. The Balaban J connectivity index is 1.85. The van der Waals surface area contributed by atoms with E-state index in [1.165, 1.54) is 11.1 Å². The van der Waals surface area contributed by atoms with E-state index in [1.807, 2.05) is 24.0 Å². The van der Waals surface area contributed by atoms with Crippen molar-refractivity contribution in [2.45, 2.75) is 44.9 Å². The molecular weight excluding hydrogens is 264 g/mol. The fourth-order valence-corrected chi connectivity index (χ4v) is 3.37. The highest BCUT2D eigenvalue weighted by atomic mass is 16.5. The predicted molar refractivity (Wildman–Crippen MR) is 82.1 cm³/mol. The molecule has 1 saturated heterocycles. The van der Waals surface area contributed by atoms with E-state index in [0.717, 1.165) is 19.5 Å². The van der Waals surface area contributed by atoms with E-state index in [9.17, 15) is 4.79 Å². The molecule has 1 fully saturated rings. The van der Waals surface area contributed by atoms with Gasteiger partial charge in [-0.05, 0) is 24.5 Å². The Hall–Kier alpha value is -1.39. The minimum absolute atomic E-state index is 0.0608. The quantitative estimate of drug-likeness (QED) is 0.904. The van der Waals surface area contributed by atoms with Gasteiger partial charge in [-0.2, -0.15) is 0 Å². The van der Waals surface area contributed by atoms with E-state index < -0.39 is 0 Å². The summed E-state index contributed by atoms with van der Waals surface area (Å²) >= 11 is 0. The van der Waals surface area contributed by atoms with Crippen LogP contribution in [0.15, 0.2) is 24.3 Å². The number of rotatable bonds is 2. The van der Waals surface area contributed by atoms with Crippen molar-refractivity contribution in [1.29, 1.82) is 0 Å². The summed E-state index contributed by atoms with van der Waals surface area (Å²) in [6.45, 7) is 7.12. The van der Waals surface area contributed by atoms with Gasteiger partial charge in [0.25, 0.3) is 0 Å². The van der Waals surface area contributed by atoms with Crippen LogP contribution in [0.5, 0.6) is 0 Å². The van der Waals surface area contributed by atoms with Gasteiger partial charge < -0.3 is 15.0 Å². The van der Waals surface area contributed by atoms with E-state index in [-0.39, 0.29) is 24.0 Å². The summed E-state index contributed by atoms with van der Waals surface area (Å²) in [5, 5.41) is 3.38. The lowest BCUT2D eigenvalue weighted by Crippen LogP contribution is -2.54. The van der Waals surface area contributed by atoms with Crippen LogP contribution >= 0.6 is 0 Å². The monoisotopic (exact) mass is 288 g/mol. The summed E-state index contributed by atoms with van der Waals surface area (Å²) < 4.78 is 5.71. The van der Waals surface area contributed by atoms with Gasteiger partial charge in [0.15, 0.2) is 0 Å². The van der Waals surface area contributed by atoms with Crippen LogP contribution in [0.25, 0.3) is 0 Å². The van der Waals surface area contributed by atoms with E-state index >= 15 is 0 Å². The number of morpholine rings is 1. The molecule has 0 radical (unpaired) electrons. The third-order valence-electron chi connectivity index (χ3n) is 4.61. The maximum Gasteiger partial charge on any atom is 0.231 e. The van der Waals surface area contributed by atoms with Gasteiger partial charge in [0, 0.05) is 19.6 Å². The number of fused-ring (bicyclic) bond motifs is 1. The second-order valence-electron chi connectivity index (χ2n) is 6.08. The van der Waals surface area contributed by atoms with Crippen LogP contribution in [0.2, 0.25) is 0 Å². The number of hydrogen-bond acceptors (Lipinski definition) is 3. The number of nitrogens with zero attached hydrogens (tertiary/aromatic N) is 1. The van der Waals surface area contributed by atoms with Crippen molar-refractivity contribution in [3.63, 3.8) is 0 Å². The average molecular weight is 288 g/mol. The molecule has 4 nitrogen and oxygen atoms in total. The maximum absolute atomic E-state index is 13.1. The van der Waals surface area contributed by atoms with Gasteiger partial charge in [-0.3, -0.25) is 4.79 Å². The predicted octanol–water partition coefficient (Wildman–Crippen LogP) is 1.90. The first-order valence-electron chi connectivity index (χ1n) is 7.91. The first-order valence-corrected chi connectivity index (χ1v) is 7.91. The SMILES string of the molecule is CCC1COC(C)CN1C(=O)C1CNCc2ccccc21. The smallest absolute Gasteiger partial charge is 0.231 e. The molecule has 1 N–H and O–H groups in total. The first-order chi connectivity index (χ1) is 10.2. The van der Waals surface area contributed by atoms with Crippen LogP contribution < -0.4 is 5.32 Å². The molecule has 0 saturated carbocycles. The molecule has 3 rings (SSSR count). The minimum Gasteiger partial charge on any atom is -0.375 e. The molecule has 1 aromatic rings. The summed E-state index contributed by atoms with van der Waals surface area (Å²) in [7, 11) is 0. The first kappa shape index (κ1) is 14.5. The van der Waals surface area contributed by atoms with Crippen LogP contribution in [0, 0.1) is 0 Å². The van der Waals surface area contributed by atoms with Crippen molar-refractivity contribution in [2.24, 2.45) is 0 Å². The lowest BCUT2D eigenvalue weighted by molar-refractivity contribution is -0.146. The number of amides is 1. The Morgan fingerprint density at radius 3 is 3.05 bits per heavy atom. The number of carbonyl (C=O) groups excluding carboxylic acids is 1. The molecule has 4 heteroatoms. The molecule has 2 aliphatic heterocycles. The summed E-state index contributed by atoms with van der Waals surface area (Å²) in [6.07, 6.45) is 1.07. The zero-order valence-corrected chi connectivity index (χ0v) is 12.8. The standard InChI is InChI=1S/C17H24N2O2/c1-3-14-11-21-12(2)10-19(14)17(20)16-9-18-8-13-6-4-5-7-15(13)16/h4-7,12,14,16,18H,3,8-11H2,1-2H3. The molecular formula is C17H24N2O2. The van der Waals surface area contributed by atoms with Crippen LogP contribution in [0.4, 0.5) is 0 Å². The lowest BCUT2D eigenvalue weighted by Gasteiger charge is -2.41. The number of ether oxygens (including phenoxy) is 1. The zero-order valence-electron chi connectivity index (χ0n) is 12.8. The molecule has 3 unspecified atom stereocenters. The van der Waals surface area contributed by atoms with Crippen LogP contribution in [0.1, 0.15) is 37.3 Å². The molecule has 1 aromatic carbocycles. The molecule has 0 bridgehead atoms. The summed E-state index contributed by atoms with van der Waals surface area (Å²) in [5.41, 5.74) is 2.44. The second-order valence-corrected chi connectivity index (χ2v) is 6.08. The van der Waals surface area contributed by atoms with E-state index in [4.69, 9.17) is 4.74 Å². The second kappa shape index (κ2) is 6.16. The average Bonchev–Trinajstić information content (AvgIpc) is 2.53. The Morgan fingerprint density at radius 2 is 2.24 bits per heavy atom. The van der Waals surface area contributed by atoms with Crippen molar-refractivity contribution < 1.29 is 9.53 Å². The topological polar surface area (TPSA) is 41.6 Å². The maximum atomic E-state index is 13.1. The Kier molecular flexibility index (Phi) is 4.27. The number of hydrogen-bond donors (Lipinski definition) is 1. The van der Waals surface area contributed by atoms with Gasteiger partial charge in [0.05, 0.1) is 24.7 Å². The van der Waals surface area contributed by atoms with Crippen molar-refractivity contribution in [3.8, 4) is 0 Å². The summed E-state index contributed by atoms with van der Waals surface area (Å²) in [5.74, 6) is 0.186. The fourth-order valence-electron chi connectivity index (χ4n) is 3.37. The Bertz CT molecular complexity index is 517.